The van der Waals surface area contributed by atoms with Crippen molar-refractivity contribution in [2.24, 2.45) is 0 Å². The van der Waals surface area contributed by atoms with Gasteiger partial charge in [-0.15, -0.1) is 0 Å². The lowest BCUT2D eigenvalue weighted by Gasteiger charge is -2.23. The zero-order valence-electron chi connectivity index (χ0n) is 15.3. The maximum atomic E-state index is 12.5. The monoisotopic (exact) mass is 444 g/mol. The number of carbonyl (C=O) groups excluding carboxylic acids is 2. The number of rotatable bonds is 6. The highest BCUT2D eigenvalue weighted by Gasteiger charge is 2.23. The average Bonchev–Trinajstić information content (AvgIpc) is 2.60. The van der Waals surface area contributed by atoms with Crippen molar-refractivity contribution in [2.75, 3.05) is 29.5 Å². The molecule has 0 unspecified atom stereocenters. The molecule has 0 radical (unpaired) electrons. The quantitative estimate of drug-likeness (QED) is 0.688. The molecule has 0 saturated heterocycles. The zero-order chi connectivity index (χ0) is 21.1. The topological polar surface area (TPSA) is 92.8 Å². The minimum Gasteiger partial charge on any atom is -0.465 e. The summed E-state index contributed by atoms with van der Waals surface area (Å²) in [5.41, 5.74) is 1.30. The number of benzene rings is 2. The predicted molar refractivity (Wildman–Crippen MR) is 110 cm³/mol. The second-order valence-corrected chi connectivity index (χ2v) is 8.69. The van der Waals surface area contributed by atoms with Gasteiger partial charge in [0.15, 0.2) is 0 Å². The molecular weight excluding hydrogens is 427 g/mol. The Morgan fingerprint density at radius 3 is 2.39 bits per heavy atom. The van der Waals surface area contributed by atoms with E-state index >= 15 is 0 Å². The summed E-state index contributed by atoms with van der Waals surface area (Å²) < 4.78 is 30.0. The summed E-state index contributed by atoms with van der Waals surface area (Å²) in [6.45, 7) is 1.23. The summed E-state index contributed by atoms with van der Waals surface area (Å²) in [7, 11) is -2.53. The van der Waals surface area contributed by atoms with Gasteiger partial charge in [0.2, 0.25) is 15.9 Å². The first-order chi connectivity index (χ1) is 13.0. The Morgan fingerprint density at radius 2 is 1.82 bits per heavy atom. The van der Waals surface area contributed by atoms with Gasteiger partial charge in [-0.2, -0.15) is 0 Å². The van der Waals surface area contributed by atoms with Crippen LogP contribution in [0, 0.1) is 6.92 Å². The van der Waals surface area contributed by atoms with Crippen molar-refractivity contribution in [3.8, 4) is 0 Å². The maximum absolute atomic E-state index is 12.5. The molecule has 0 heterocycles. The SMILES string of the molecule is COC(=O)c1cc(NC(=O)CN(c2ccc(Cl)cc2C)S(C)(=O)=O)ccc1Cl. The summed E-state index contributed by atoms with van der Waals surface area (Å²) >= 11 is 11.9. The molecule has 0 spiro atoms. The smallest absolute Gasteiger partial charge is 0.339 e. The normalized spacial score (nSPS) is 11.0. The third-order valence-corrected chi connectivity index (χ3v) is 5.46. The molecule has 0 fully saturated rings. The summed E-state index contributed by atoms with van der Waals surface area (Å²) in [5, 5.41) is 3.17. The molecule has 0 aliphatic carbocycles. The Morgan fingerprint density at radius 1 is 1.14 bits per heavy atom. The number of ether oxygens (including phenoxy) is 1. The van der Waals surface area contributed by atoms with Crippen LogP contribution >= 0.6 is 23.2 Å². The van der Waals surface area contributed by atoms with Crippen LogP contribution in [0.2, 0.25) is 10.0 Å². The fraction of sp³-hybridized carbons (Fsp3) is 0.222. The number of nitrogens with one attached hydrogen (secondary N) is 1. The lowest BCUT2D eigenvalue weighted by atomic mass is 10.2. The molecule has 7 nitrogen and oxygen atoms in total. The van der Waals surface area contributed by atoms with E-state index in [-0.39, 0.29) is 16.3 Å². The largest absolute Gasteiger partial charge is 0.465 e. The first-order valence-electron chi connectivity index (χ1n) is 7.94. The van der Waals surface area contributed by atoms with Gasteiger partial charge >= 0.3 is 5.97 Å². The first kappa shape index (κ1) is 22.0. The highest BCUT2D eigenvalue weighted by molar-refractivity contribution is 7.92. The minimum atomic E-state index is -3.74. The van der Waals surface area contributed by atoms with Gasteiger partial charge in [0, 0.05) is 10.7 Å². The van der Waals surface area contributed by atoms with Gasteiger partial charge in [0.05, 0.1) is 29.6 Å². The molecule has 0 atom stereocenters. The first-order valence-corrected chi connectivity index (χ1v) is 10.5. The van der Waals surface area contributed by atoms with E-state index in [9.17, 15) is 18.0 Å². The molecule has 2 aromatic rings. The summed E-state index contributed by atoms with van der Waals surface area (Å²) in [4.78, 5) is 24.2. The number of methoxy groups -OCH3 is 1. The molecule has 0 bridgehead atoms. The standard InChI is InChI=1S/C18H18Cl2N2O5S/c1-11-8-12(19)4-7-16(11)22(28(3,25)26)10-17(23)21-13-5-6-15(20)14(9-13)18(24)27-2/h4-9H,10H2,1-3H3,(H,21,23). The van der Waals surface area contributed by atoms with Crippen LogP contribution in [-0.4, -0.2) is 40.2 Å². The molecule has 1 N–H and O–H groups in total. The van der Waals surface area contributed by atoms with Gasteiger partial charge in [0.25, 0.3) is 0 Å². The van der Waals surface area contributed by atoms with Gasteiger partial charge < -0.3 is 10.1 Å². The van der Waals surface area contributed by atoms with E-state index in [2.05, 4.69) is 10.1 Å². The molecule has 0 aliphatic heterocycles. The number of sulfonamides is 1. The molecular formula is C18H18Cl2N2O5S. The fourth-order valence-corrected chi connectivity index (χ4v) is 3.82. The van der Waals surface area contributed by atoms with Crippen LogP contribution in [0.4, 0.5) is 11.4 Å². The number of esters is 1. The third-order valence-electron chi connectivity index (χ3n) is 3.77. The van der Waals surface area contributed by atoms with Crippen molar-refractivity contribution >= 4 is 56.5 Å². The van der Waals surface area contributed by atoms with Gasteiger partial charge in [-0.3, -0.25) is 9.10 Å². The average molecular weight is 445 g/mol. The Kier molecular flexibility index (Phi) is 6.92. The van der Waals surface area contributed by atoms with Crippen LogP contribution < -0.4 is 9.62 Å². The van der Waals surface area contributed by atoms with Crippen LogP contribution in [0.3, 0.4) is 0 Å². The van der Waals surface area contributed by atoms with E-state index < -0.39 is 28.4 Å². The van der Waals surface area contributed by atoms with E-state index in [4.69, 9.17) is 23.2 Å². The van der Waals surface area contributed by atoms with Gasteiger partial charge in [-0.25, -0.2) is 13.2 Å². The number of carbonyl (C=O) groups is 2. The van der Waals surface area contributed by atoms with Crippen molar-refractivity contribution in [3.05, 3.63) is 57.6 Å². The summed E-state index contributed by atoms with van der Waals surface area (Å²) in [6.07, 6.45) is 1.01. The van der Waals surface area contributed by atoms with Crippen LogP contribution in [0.15, 0.2) is 36.4 Å². The number of hydrogen-bond acceptors (Lipinski definition) is 5. The number of amides is 1. The highest BCUT2D eigenvalue weighted by Crippen LogP contribution is 2.26. The van der Waals surface area contributed by atoms with E-state index in [1.54, 1.807) is 19.1 Å². The summed E-state index contributed by atoms with van der Waals surface area (Å²) in [6, 6.07) is 8.96. The molecule has 28 heavy (non-hydrogen) atoms. The van der Waals surface area contributed by atoms with E-state index in [1.165, 1.54) is 31.4 Å². The number of aryl methyl sites for hydroxylation is 1. The Balaban J connectivity index is 2.27. The Hall–Kier alpha value is -2.29. The number of nitrogens with zero attached hydrogens (tertiary/aromatic N) is 1. The molecule has 0 aromatic heterocycles. The van der Waals surface area contributed by atoms with Crippen molar-refractivity contribution in [1.29, 1.82) is 0 Å². The molecule has 0 aliphatic rings. The Bertz CT molecular complexity index is 1020. The van der Waals surface area contributed by atoms with E-state index in [0.717, 1.165) is 10.6 Å². The van der Waals surface area contributed by atoms with Crippen LogP contribution in [0.25, 0.3) is 0 Å². The van der Waals surface area contributed by atoms with Crippen LogP contribution in [0.5, 0.6) is 0 Å². The highest BCUT2D eigenvalue weighted by atomic mass is 35.5. The molecule has 0 saturated carbocycles. The van der Waals surface area contributed by atoms with Crippen LogP contribution in [-0.2, 0) is 19.6 Å². The number of hydrogen-bond donors (Lipinski definition) is 1. The van der Waals surface area contributed by atoms with Crippen molar-refractivity contribution in [1.82, 2.24) is 0 Å². The van der Waals surface area contributed by atoms with Gasteiger partial charge in [-0.05, 0) is 48.9 Å². The molecule has 1 amide bonds. The maximum Gasteiger partial charge on any atom is 0.339 e. The van der Waals surface area contributed by atoms with Crippen LogP contribution in [0.1, 0.15) is 15.9 Å². The fourth-order valence-electron chi connectivity index (χ4n) is 2.48. The lowest BCUT2D eigenvalue weighted by molar-refractivity contribution is -0.114. The molecule has 150 valence electrons. The van der Waals surface area contributed by atoms with E-state index in [0.29, 0.717) is 16.3 Å². The second kappa shape index (κ2) is 8.81. The zero-order valence-corrected chi connectivity index (χ0v) is 17.7. The number of halogens is 2. The lowest BCUT2D eigenvalue weighted by Crippen LogP contribution is -2.37. The third kappa shape index (κ3) is 5.37. The second-order valence-electron chi connectivity index (χ2n) is 5.93. The molecule has 10 heteroatoms. The number of anilines is 2. The Labute approximate surface area is 173 Å². The van der Waals surface area contributed by atoms with Crippen molar-refractivity contribution in [3.63, 3.8) is 0 Å². The van der Waals surface area contributed by atoms with Gasteiger partial charge in [-0.1, -0.05) is 23.2 Å². The minimum absolute atomic E-state index is 0.0791. The van der Waals surface area contributed by atoms with E-state index in [1.807, 2.05) is 0 Å². The molecule has 2 rings (SSSR count). The van der Waals surface area contributed by atoms with Crippen molar-refractivity contribution < 1.29 is 22.7 Å². The van der Waals surface area contributed by atoms with Crippen molar-refractivity contribution in [2.45, 2.75) is 6.92 Å². The van der Waals surface area contributed by atoms with Gasteiger partial charge in [0.1, 0.15) is 6.54 Å². The molecule has 2 aromatic carbocycles. The summed E-state index contributed by atoms with van der Waals surface area (Å²) in [5.74, 6) is -1.26. The predicted octanol–water partition coefficient (Wildman–Crippen LogP) is 3.49.